The van der Waals surface area contributed by atoms with Crippen LogP contribution in [0.3, 0.4) is 0 Å². The third-order valence-corrected chi connectivity index (χ3v) is 2.52. The van der Waals surface area contributed by atoms with Gasteiger partial charge in [-0.1, -0.05) is 5.16 Å². The summed E-state index contributed by atoms with van der Waals surface area (Å²) in [5.41, 5.74) is 0.972. The Hall–Kier alpha value is -2.18. The van der Waals surface area contributed by atoms with Crippen LogP contribution in [0.1, 0.15) is 23.7 Å². The van der Waals surface area contributed by atoms with Crippen molar-refractivity contribution in [2.75, 3.05) is 7.05 Å². The van der Waals surface area contributed by atoms with Crippen LogP contribution in [0, 0.1) is 6.92 Å². The fourth-order valence-corrected chi connectivity index (χ4v) is 1.57. The Morgan fingerprint density at radius 1 is 1.56 bits per heavy atom. The van der Waals surface area contributed by atoms with Crippen molar-refractivity contribution in [3.8, 4) is 0 Å². The second kappa shape index (κ2) is 5.44. The van der Waals surface area contributed by atoms with Crippen molar-refractivity contribution < 1.29 is 9.32 Å². The first kappa shape index (κ1) is 12.3. The van der Waals surface area contributed by atoms with Gasteiger partial charge in [-0.15, -0.1) is 0 Å². The van der Waals surface area contributed by atoms with Crippen molar-refractivity contribution in [2.45, 2.75) is 26.3 Å². The normalized spacial score (nSPS) is 10.6. The number of nitrogens with one attached hydrogen (secondary N) is 1. The van der Waals surface area contributed by atoms with Gasteiger partial charge < -0.3 is 9.42 Å². The molecular formula is C11H15N5O2. The third-order valence-electron chi connectivity index (χ3n) is 2.52. The number of carbonyl (C=O) groups is 1. The van der Waals surface area contributed by atoms with Gasteiger partial charge in [0.15, 0.2) is 5.82 Å². The average Bonchev–Trinajstić information content (AvgIpc) is 2.97. The summed E-state index contributed by atoms with van der Waals surface area (Å²) in [6.45, 7) is 2.29. The minimum atomic E-state index is 0.0343. The summed E-state index contributed by atoms with van der Waals surface area (Å²) >= 11 is 0. The average molecular weight is 249 g/mol. The van der Waals surface area contributed by atoms with E-state index in [1.807, 2.05) is 0 Å². The Bertz CT molecular complexity index is 505. The molecule has 1 amide bonds. The Balaban J connectivity index is 1.80. The second-order valence-electron chi connectivity index (χ2n) is 4.09. The summed E-state index contributed by atoms with van der Waals surface area (Å²) in [6.07, 6.45) is 4.29. The molecule has 0 spiro atoms. The van der Waals surface area contributed by atoms with E-state index >= 15 is 0 Å². The van der Waals surface area contributed by atoms with E-state index in [4.69, 9.17) is 4.52 Å². The van der Waals surface area contributed by atoms with E-state index in [0.29, 0.717) is 31.1 Å². The number of nitrogens with zero attached hydrogens (tertiary/aromatic N) is 4. The molecule has 2 heterocycles. The van der Waals surface area contributed by atoms with Crippen LogP contribution in [0.25, 0.3) is 0 Å². The maximum atomic E-state index is 11.9. The molecule has 0 aliphatic carbocycles. The first-order valence-electron chi connectivity index (χ1n) is 5.66. The summed E-state index contributed by atoms with van der Waals surface area (Å²) in [6, 6.07) is 0. The molecule has 0 bridgehead atoms. The Morgan fingerprint density at radius 2 is 2.39 bits per heavy atom. The molecule has 0 fully saturated rings. The van der Waals surface area contributed by atoms with Gasteiger partial charge in [0.2, 0.25) is 11.8 Å². The van der Waals surface area contributed by atoms with Crippen molar-refractivity contribution in [3.63, 3.8) is 0 Å². The number of aryl methyl sites for hydroxylation is 2. The van der Waals surface area contributed by atoms with E-state index < -0.39 is 0 Å². The van der Waals surface area contributed by atoms with E-state index in [9.17, 15) is 4.79 Å². The van der Waals surface area contributed by atoms with Crippen molar-refractivity contribution >= 4 is 5.91 Å². The molecule has 0 unspecified atom stereocenters. The molecule has 0 saturated carbocycles. The molecule has 18 heavy (non-hydrogen) atoms. The lowest BCUT2D eigenvalue weighted by atomic mass is 10.2. The lowest BCUT2D eigenvalue weighted by Crippen LogP contribution is -2.26. The van der Waals surface area contributed by atoms with Gasteiger partial charge in [-0.2, -0.15) is 10.1 Å². The summed E-state index contributed by atoms with van der Waals surface area (Å²) in [7, 11) is 1.76. The number of hydrogen-bond acceptors (Lipinski definition) is 5. The first-order valence-corrected chi connectivity index (χ1v) is 5.66. The molecule has 0 saturated heterocycles. The fraction of sp³-hybridized carbons (Fsp3) is 0.455. The zero-order valence-corrected chi connectivity index (χ0v) is 10.4. The number of H-pyrrole nitrogens is 1. The molecule has 0 aliphatic rings. The molecule has 2 aromatic rings. The van der Waals surface area contributed by atoms with Crippen LogP contribution in [0.2, 0.25) is 0 Å². The molecule has 0 atom stereocenters. The Labute approximate surface area is 104 Å². The van der Waals surface area contributed by atoms with E-state index in [0.717, 1.165) is 5.56 Å². The van der Waals surface area contributed by atoms with Crippen molar-refractivity contribution in [2.24, 2.45) is 0 Å². The van der Waals surface area contributed by atoms with Gasteiger partial charge in [0.05, 0.1) is 6.20 Å². The SMILES string of the molecule is Cc1noc(CCC(=O)N(C)Cc2cn[nH]c2)n1. The quantitative estimate of drug-likeness (QED) is 0.842. The van der Waals surface area contributed by atoms with E-state index in [-0.39, 0.29) is 5.91 Å². The van der Waals surface area contributed by atoms with Gasteiger partial charge in [0.1, 0.15) is 0 Å². The molecule has 96 valence electrons. The smallest absolute Gasteiger partial charge is 0.227 e. The zero-order valence-electron chi connectivity index (χ0n) is 10.4. The molecule has 1 N–H and O–H groups in total. The third kappa shape index (κ3) is 3.16. The topological polar surface area (TPSA) is 87.9 Å². The molecule has 0 radical (unpaired) electrons. The van der Waals surface area contributed by atoms with Crippen LogP contribution in [0.4, 0.5) is 0 Å². The van der Waals surface area contributed by atoms with Crippen molar-refractivity contribution in [1.82, 2.24) is 25.2 Å². The van der Waals surface area contributed by atoms with Gasteiger partial charge in [-0.05, 0) is 6.92 Å². The maximum Gasteiger partial charge on any atom is 0.227 e. The van der Waals surface area contributed by atoms with E-state index in [1.165, 1.54) is 0 Å². The van der Waals surface area contributed by atoms with Gasteiger partial charge in [0, 0.05) is 38.2 Å². The summed E-state index contributed by atoms with van der Waals surface area (Å²) in [4.78, 5) is 17.6. The van der Waals surface area contributed by atoms with Crippen molar-refractivity contribution in [3.05, 3.63) is 29.7 Å². The van der Waals surface area contributed by atoms with Crippen LogP contribution in [-0.4, -0.2) is 38.2 Å². The van der Waals surface area contributed by atoms with Gasteiger partial charge >= 0.3 is 0 Å². The monoisotopic (exact) mass is 249 g/mol. The van der Waals surface area contributed by atoms with Gasteiger partial charge in [0.25, 0.3) is 0 Å². The van der Waals surface area contributed by atoms with Gasteiger partial charge in [-0.3, -0.25) is 9.89 Å². The lowest BCUT2D eigenvalue weighted by molar-refractivity contribution is -0.130. The van der Waals surface area contributed by atoms with Crippen LogP contribution < -0.4 is 0 Å². The van der Waals surface area contributed by atoms with Crippen molar-refractivity contribution in [1.29, 1.82) is 0 Å². The second-order valence-corrected chi connectivity index (χ2v) is 4.09. The highest BCUT2D eigenvalue weighted by atomic mass is 16.5. The first-order chi connectivity index (χ1) is 8.65. The highest BCUT2D eigenvalue weighted by Gasteiger charge is 2.12. The minimum absolute atomic E-state index is 0.0343. The largest absolute Gasteiger partial charge is 0.341 e. The zero-order chi connectivity index (χ0) is 13.0. The molecule has 2 aromatic heterocycles. The van der Waals surface area contributed by atoms with Gasteiger partial charge in [-0.25, -0.2) is 0 Å². The Morgan fingerprint density at radius 3 is 3.00 bits per heavy atom. The number of aromatic nitrogens is 4. The van der Waals surface area contributed by atoms with E-state index in [2.05, 4.69) is 20.3 Å². The highest BCUT2D eigenvalue weighted by molar-refractivity contribution is 5.75. The molecule has 7 nitrogen and oxygen atoms in total. The van der Waals surface area contributed by atoms with Crippen LogP contribution in [0.5, 0.6) is 0 Å². The number of hydrogen-bond donors (Lipinski definition) is 1. The van der Waals surface area contributed by atoms with Crippen LogP contribution >= 0.6 is 0 Å². The number of rotatable bonds is 5. The lowest BCUT2D eigenvalue weighted by Gasteiger charge is -2.15. The maximum absolute atomic E-state index is 11.9. The van der Waals surface area contributed by atoms with Crippen LogP contribution in [0.15, 0.2) is 16.9 Å². The number of aromatic amines is 1. The number of amides is 1. The summed E-state index contributed by atoms with van der Waals surface area (Å²) < 4.78 is 4.95. The predicted octanol–water partition coefficient (Wildman–Crippen LogP) is 0.692. The Kier molecular flexibility index (Phi) is 3.71. The standard InChI is InChI=1S/C11H15N5O2/c1-8-14-10(18-15-8)3-4-11(17)16(2)7-9-5-12-13-6-9/h5-6H,3-4,7H2,1-2H3,(H,12,13). The van der Waals surface area contributed by atoms with E-state index in [1.54, 1.807) is 31.3 Å². The fourth-order valence-electron chi connectivity index (χ4n) is 1.57. The minimum Gasteiger partial charge on any atom is -0.341 e. The highest BCUT2D eigenvalue weighted by Crippen LogP contribution is 2.05. The molecule has 0 aromatic carbocycles. The molecule has 2 rings (SSSR count). The predicted molar refractivity (Wildman–Crippen MR) is 62.4 cm³/mol. The molecular weight excluding hydrogens is 234 g/mol. The molecule has 7 heteroatoms. The summed E-state index contributed by atoms with van der Waals surface area (Å²) in [5, 5.41) is 10.2. The molecule has 0 aliphatic heterocycles. The van der Waals surface area contributed by atoms with Crippen LogP contribution in [-0.2, 0) is 17.8 Å². The summed E-state index contributed by atoms with van der Waals surface area (Å²) in [5.74, 6) is 1.12. The number of carbonyl (C=O) groups excluding carboxylic acids is 1.